The maximum atomic E-state index is 12.7. The van der Waals surface area contributed by atoms with Gasteiger partial charge in [-0.3, -0.25) is 10.0 Å². The number of rotatable bonds is 2. The van der Waals surface area contributed by atoms with Gasteiger partial charge < -0.3 is 0 Å². The Labute approximate surface area is 103 Å². The minimum Gasteiger partial charge on any atom is -0.279 e. The summed E-state index contributed by atoms with van der Waals surface area (Å²) in [5.41, 5.74) is 1.11. The van der Waals surface area contributed by atoms with Crippen LogP contribution in [0.4, 0.5) is 10.2 Å². The first-order valence-electron chi connectivity index (χ1n) is 5.30. The first-order chi connectivity index (χ1) is 8.59. The summed E-state index contributed by atoms with van der Waals surface area (Å²) in [4.78, 5) is 15.6. The standard InChI is InChI=1S/C13H11FN2O2/c1-9-4-2-3-5-11(9)13(17)16(18)12-7-6-10(14)8-15-12/h2-8,18H,1H3. The fourth-order valence-corrected chi connectivity index (χ4v) is 1.52. The summed E-state index contributed by atoms with van der Waals surface area (Å²) < 4.78 is 12.7. The minimum absolute atomic E-state index is 0.0235. The van der Waals surface area contributed by atoms with Crippen LogP contribution in [0.1, 0.15) is 15.9 Å². The minimum atomic E-state index is -0.604. The van der Waals surface area contributed by atoms with E-state index in [9.17, 15) is 14.4 Å². The second kappa shape index (κ2) is 4.93. The predicted molar refractivity (Wildman–Crippen MR) is 64.0 cm³/mol. The molecule has 2 aromatic rings. The van der Waals surface area contributed by atoms with Gasteiger partial charge >= 0.3 is 0 Å². The molecule has 2 rings (SSSR count). The molecule has 0 atom stereocenters. The van der Waals surface area contributed by atoms with E-state index >= 15 is 0 Å². The van der Waals surface area contributed by atoms with E-state index in [-0.39, 0.29) is 5.82 Å². The molecule has 1 aromatic carbocycles. The smallest absolute Gasteiger partial charge is 0.279 e. The number of carbonyl (C=O) groups excluding carboxylic acids is 1. The molecule has 0 aliphatic carbocycles. The van der Waals surface area contributed by atoms with E-state index in [1.165, 1.54) is 6.07 Å². The molecule has 1 N–H and O–H groups in total. The van der Waals surface area contributed by atoms with Gasteiger partial charge in [0.25, 0.3) is 5.91 Å². The highest BCUT2D eigenvalue weighted by atomic mass is 19.1. The summed E-state index contributed by atoms with van der Waals surface area (Å²) in [6, 6.07) is 9.21. The zero-order valence-electron chi connectivity index (χ0n) is 9.67. The number of pyridine rings is 1. The predicted octanol–water partition coefficient (Wildman–Crippen LogP) is 2.57. The molecule has 0 bridgehead atoms. The highest BCUT2D eigenvalue weighted by Gasteiger charge is 2.18. The Morgan fingerprint density at radius 2 is 2.00 bits per heavy atom. The lowest BCUT2D eigenvalue weighted by atomic mass is 10.1. The third-order valence-electron chi connectivity index (χ3n) is 2.50. The molecule has 1 amide bonds. The zero-order valence-corrected chi connectivity index (χ0v) is 9.67. The number of aryl methyl sites for hydroxylation is 1. The SMILES string of the molecule is Cc1ccccc1C(=O)N(O)c1ccc(F)cn1. The van der Waals surface area contributed by atoms with Crippen molar-refractivity contribution in [3.05, 3.63) is 59.5 Å². The van der Waals surface area contributed by atoms with Gasteiger partial charge in [0.1, 0.15) is 5.82 Å². The molecule has 0 unspecified atom stereocenters. The third kappa shape index (κ3) is 2.36. The van der Waals surface area contributed by atoms with Gasteiger partial charge in [-0.15, -0.1) is 0 Å². The molecule has 0 spiro atoms. The van der Waals surface area contributed by atoms with E-state index in [4.69, 9.17) is 0 Å². The molecule has 1 heterocycles. The van der Waals surface area contributed by atoms with Crippen LogP contribution in [-0.4, -0.2) is 16.1 Å². The molecule has 4 nitrogen and oxygen atoms in total. The number of benzene rings is 1. The molecule has 1 aromatic heterocycles. The van der Waals surface area contributed by atoms with E-state index in [1.54, 1.807) is 31.2 Å². The highest BCUT2D eigenvalue weighted by molar-refractivity contribution is 6.04. The second-order valence-corrected chi connectivity index (χ2v) is 3.77. The lowest BCUT2D eigenvalue weighted by molar-refractivity contribution is 0.0851. The van der Waals surface area contributed by atoms with Crippen LogP contribution in [0, 0.1) is 12.7 Å². The Morgan fingerprint density at radius 3 is 2.61 bits per heavy atom. The van der Waals surface area contributed by atoms with Crippen molar-refractivity contribution in [1.82, 2.24) is 4.98 Å². The molecule has 92 valence electrons. The average molecular weight is 246 g/mol. The van der Waals surface area contributed by atoms with Crippen LogP contribution in [0.15, 0.2) is 42.6 Å². The Hall–Kier alpha value is -2.27. The molecule has 0 aliphatic rings. The van der Waals surface area contributed by atoms with Crippen molar-refractivity contribution in [2.24, 2.45) is 0 Å². The van der Waals surface area contributed by atoms with Crippen molar-refractivity contribution in [2.45, 2.75) is 6.92 Å². The number of halogens is 1. The largest absolute Gasteiger partial charge is 0.283 e. The van der Waals surface area contributed by atoms with Crippen LogP contribution in [0.25, 0.3) is 0 Å². The molecule has 18 heavy (non-hydrogen) atoms. The molecule has 0 saturated heterocycles. The van der Waals surface area contributed by atoms with Crippen molar-refractivity contribution in [3.8, 4) is 0 Å². The quantitative estimate of drug-likeness (QED) is 0.654. The Morgan fingerprint density at radius 1 is 1.28 bits per heavy atom. The maximum absolute atomic E-state index is 12.7. The van der Waals surface area contributed by atoms with Crippen LogP contribution in [0.2, 0.25) is 0 Å². The number of anilines is 1. The third-order valence-corrected chi connectivity index (χ3v) is 2.50. The van der Waals surface area contributed by atoms with Gasteiger partial charge in [-0.25, -0.2) is 9.37 Å². The Bertz CT molecular complexity index is 569. The summed E-state index contributed by atoms with van der Waals surface area (Å²) in [5.74, 6) is -1.16. The first-order valence-corrected chi connectivity index (χ1v) is 5.30. The van der Waals surface area contributed by atoms with Crippen LogP contribution >= 0.6 is 0 Å². The van der Waals surface area contributed by atoms with Crippen molar-refractivity contribution in [3.63, 3.8) is 0 Å². The summed E-state index contributed by atoms with van der Waals surface area (Å²) in [6.45, 7) is 1.76. The van der Waals surface area contributed by atoms with Crippen molar-refractivity contribution in [1.29, 1.82) is 0 Å². The number of hydrogen-bond donors (Lipinski definition) is 1. The number of aromatic nitrogens is 1. The highest BCUT2D eigenvalue weighted by Crippen LogP contribution is 2.15. The molecular weight excluding hydrogens is 235 g/mol. The zero-order chi connectivity index (χ0) is 13.1. The van der Waals surface area contributed by atoms with Gasteiger partial charge in [-0.1, -0.05) is 18.2 Å². The second-order valence-electron chi connectivity index (χ2n) is 3.77. The normalized spacial score (nSPS) is 10.2. The van der Waals surface area contributed by atoms with E-state index < -0.39 is 11.7 Å². The fraction of sp³-hybridized carbons (Fsp3) is 0.0769. The molecule has 0 fully saturated rings. The van der Waals surface area contributed by atoms with Crippen molar-refractivity contribution >= 4 is 11.7 Å². The van der Waals surface area contributed by atoms with Crippen molar-refractivity contribution in [2.75, 3.05) is 5.06 Å². The van der Waals surface area contributed by atoms with E-state index in [0.717, 1.165) is 17.8 Å². The number of hydroxylamine groups is 1. The lowest BCUT2D eigenvalue weighted by Crippen LogP contribution is -2.28. The monoisotopic (exact) mass is 246 g/mol. The van der Waals surface area contributed by atoms with Crippen LogP contribution in [0.3, 0.4) is 0 Å². The summed E-state index contributed by atoms with van der Waals surface area (Å²) in [7, 11) is 0. The van der Waals surface area contributed by atoms with Gasteiger partial charge in [-0.2, -0.15) is 5.06 Å². The lowest BCUT2D eigenvalue weighted by Gasteiger charge is -2.14. The van der Waals surface area contributed by atoms with Gasteiger partial charge in [0.2, 0.25) is 0 Å². The number of amides is 1. The molecule has 5 heteroatoms. The topological polar surface area (TPSA) is 53.4 Å². The summed E-state index contributed by atoms with van der Waals surface area (Å²) in [6.07, 6.45) is 0.934. The van der Waals surface area contributed by atoms with Gasteiger partial charge in [0.15, 0.2) is 5.82 Å². The molecule has 0 radical (unpaired) electrons. The molecular formula is C13H11FN2O2. The van der Waals surface area contributed by atoms with Crippen LogP contribution < -0.4 is 5.06 Å². The van der Waals surface area contributed by atoms with Crippen LogP contribution in [-0.2, 0) is 0 Å². The van der Waals surface area contributed by atoms with Crippen LogP contribution in [0.5, 0.6) is 0 Å². The van der Waals surface area contributed by atoms with Gasteiger partial charge in [0.05, 0.1) is 6.20 Å². The average Bonchev–Trinajstić information content (AvgIpc) is 2.38. The summed E-state index contributed by atoms with van der Waals surface area (Å²) in [5, 5.41) is 10.2. The number of carbonyl (C=O) groups is 1. The molecule has 0 aliphatic heterocycles. The van der Waals surface area contributed by atoms with Gasteiger partial charge in [-0.05, 0) is 30.7 Å². The van der Waals surface area contributed by atoms with Crippen molar-refractivity contribution < 1.29 is 14.4 Å². The Kier molecular flexibility index (Phi) is 3.34. The summed E-state index contributed by atoms with van der Waals surface area (Å²) >= 11 is 0. The number of hydrogen-bond acceptors (Lipinski definition) is 3. The van der Waals surface area contributed by atoms with E-state index in [0.29, 0.717) is 10.6 Å². The van der Waals surface area contributed by atoms with E-state index in [1.807, 2.05) is 0 Å². The Balaban J connectivity index is 2.29. The van der Waals surface area contributed by atoms with Gasteiger partial charge in [0, 0.05) is 5.56 Å². The first kappa shape index (κ1) is 12.2. The van der Waals surface area contributed by atoms with E-state index in [2.05, 4.69) is 4.98 Å². The molecule has 0 saturated carbocycles. The fourth-order valence-electron chi connectivity index (χ4n) is 1.52. The number of nitrogens with zero attached hydrogens (tertiary/aromatic N) is 2. The maximum Gasteiger partial charge on any atom is 0.283 e.